The van der Waals surface area contributed by atoms with Crippen molar-refractivity contribution < 1.29 is 58.5 Å². The number of piperidine rings is 3. The van der Waals surface area contributed by atoms with Crippen LogP contribution >= 0.6 is 45.5 Å². The molecule has 6 saturated heterocycles. The summed E-state index contributed by atoms with van der Waals surface area (Å²) in [5.41, 5.74) is 1.48. The zero-order chi connectivity index (χ0) is 66.2. The van der Waals surface area contributed by atoms with Crippen LogP contribution in [0.5, 0.6) is 0 Å². The lowest BCUT2D eigenvalue weighted by Crippen LogP contribution is -2.57. The summed E-state index contributed by atoms with van der Waals surface area (Å²) in [6.45, 7) is 21.2. The van der Waals surface area contributed by atoms with E-state index in [1.165, 1.54) is 65.5 Å². The van der Waals surface area contributed by atoms with Crippen molar-refractivity contribution in [1.82, 2.24) is 13.9 Å². The summed E-state index contributed by atoms with van der Waals surface area (Å²) in [6, 6.07) is 29.5. The van der Waals surface area contributed by atoms with Crippen LogP contribution in [0.2, 0.25) is 15.1 Å². The van der Waals surface area contributed by atoms with Crippen molar-refractivity contribution in [2.75, 3.05) is 39.6 Å². The minimum atomic E-state index is -3.61. The maximum absolute atomic E-state index is 13.2. The Morgan fingerprint density at radius 1 is 0.429 bits per heavy atom. The van der Waals surface area contributed by atoms with Crippen LogP contribution < -0.4 is 5.32 Å². The van der Waals surface area contributed by atoms with Crippen LogP contribution in [0, 0.1) is 17.8 Å². The van der Waals surface area contributed by atoms with Gasteiger partial charge in [0.1, 0.15) is 5.78 Å². The normalized spacial score (nSPS) is 27.2. The fraction of sp³-hybridized carbons (Fsp3) is 0.632. The van der Waals surface area contributed by atoms with E-state index in [1.807, 2.05) is 27.7 Å². The lowest BCUT2D eigenvalue weighted by molar-refractivity contribution is -0.209. The van der Waals surface area contributed by atoms with Crippen LogP contribution in [-0.4, -0.2) is 133 Å². The highest BCUT2D eigenvalue weighted by atomic mass is 35.7. The number of sulfonamides is 2. The van der Waals surface area contributed by atoms with Crippen LogP contribution in [0.1, 0.15) is 164 Å². The molecular weight excluding hydrogens is 1300 g/mol. The van der Waals surface area contributed by atoms with Gasteiger partial charge in [-0.15, -0.1) is 0 Å². The standard InChI is InChI=1S/C19H28O2.C17H24ClNO4S.C15H20ClNO3S.C11H21NO2.C6H4Cl2O2S/c1-3-16-13-19(20-10-11-21-19)14-17(4-2)18(16)12-15-8-6-5-7-9-15;1-3-14-11-17(22-9-10-23-17)12-15(4-2)19(14)24(20,21)16-7-5-13(18)6-8-16;1-3-12-9-14(18)10-13(4-2)17(12)21(19,20)15-7-5-11(16)6-8-15;1-3-9-7-11(13-5-6-14-11)8-10(4-2)12-9;7-5-1-3-6(4-2-5)11(8,9)10/h5-9,16-18H,3-4,10-14H2,1-2H3;5-8,14-15H,3-4,9-12H2,1-2H3;5-8,12-13H,3-4,9-10H2,1-2H3;9-10,12H,3-8H2,1-2H3;1-4H/t16-,17+,18?;14-,15+;12-,13+;9-,10+;. The maximum Gasteiger partial charge on any atom is 0.261 e. The highest BCUT2D eigenvalue weighted by Gasteiger charge is 2.52. The molecule has 0 amide bonds. The van der Waals surface area contributed by atoms with Gasteiger partial charge in [-0.2, -0.15) is 8.61 Å². The number of carbonyl (C=O) groups excluding carboxylic acids is 1. The molecule has 23 heteroatoms. The van der Waals surface area contributed by atoms with Crippen molar-refractivity contribution in [2.24, 2.45) is 17.8 Å². The van der Waals surface area contributed by atoms with Crippen molar-refractivity contribution >= 4 is 80.4 Å². The Morgan fingerprint density at radius 3 is 1.09 bits per heavy atom. The number of ketones is 1. The van der Waals surface area contributed by atoms with E-state index in [2.05, 4.69) is 63.3 Å². The molecule has 7 fully saturated rings. The van der Waals surface area contributed by atoms with E-state index in [-0.39, 0.29) is 56.2 Å². The Bertz CT molecular complexity index is 3170. The predicted octanol–water partition coefficient (Wildman–Crippen LogP) is 15.0. The second kappa shape index (κ2) is 34.4. The molecule has 16 nitrogen and oxygen atoms in total. The van der Waals surface area contributed by atoms with Gasteiger partial charge in [-0.05, 0) is 141 Å². The van der Waals surface area contributed by atoms with Gasteiger partial charge in [-0.1, -0.05) is 133 Å². The van der Waals surface area contributed by atoms with E-state index in [4.69, 9.17) is 73.9 Å². The van der Waals surface area contributed by atoms with E-state index in [1.54, 1.807) is 40.7 Å². The van der Waals surface area contributed by atoms with Gasteiger partial charge in [0.05, 0.1) is 54.3 Å². The van der Waals surface area contributed by atoms with E-state index >= 15 is 0 Å². The Morgan fingerprint density at radius 2 is 0.758 bits per heavy atom. The highest BCUT2D eigenvalue weighted by molar-refractivity contribution is 8.13. The fourth-order valence-corrected chi connectivity index (χ4v) is 19.3. The van der Waals surface area contributed by atoms with Crippen molar-refractivity contribution in [3.63, 3.8) is 0 Å². The van der Waals surface area contributed by atoms with Crippen LogP contribution in [0.3, 0.4) is 0 Å². The van der Waals surface area contributed by atoms with Crippen LogP contribution in [-0.2, 0) is 68.7 Å². The molecule has 1 N–H and O–H groups in total. The van der Waals surface area contributed by atoms with Gasteiger partial charge < -0.3 is 33.7 Å². The first-order chi connectivity index (χ1) is 43.3. The largest absolute Gasteiger partial charge is 0.348 e. The lowest BCUT2D eigenvalue weighted by Gasteiger charge is -2.47. The van der Waals surface area contributed by atoms with E-state index in [0.29, 0.717) is 90.7 Å². The zero-order valence-electron chi connectivity index (χ0n) is 54.2. The molecule has 91 heavy (non-hydrogen) atoms. The van der Waals surface area contributed by atoms with Crippen molar-refractivity contribution in [1.29, 1.82) is 0 Å². The molecule has 1 saturated carbocycles. The molecule has 1 aliphatic carbocycles. The van der Waals surface area contributed by atoms with Gasteiger partial charge in [-0.3, -0.25) is 4.79 Å². The maximum atomic E-state index is 13.2. The Kier molecular flexibility index (Phi) is 28.6. The monoisotopic (exact) mass is 1400 g/mol. The number of hydrogen-bond donors (Lipinski definition) is 1. The first-order valence-electron chi connectivity index (χ1n) is 32.8. The summed E-state index contributed by atoms with van der Waals surface area (Å²) < 4.78 is 112. The molecule has 6 aliphatic heterocycles. The first kappa shape index (κ1) is 75.6. The number of halogens is 4. The lowest BCUT2D eigenvalue weighted by atomic mass is 9.65. The molecule has 11 rings (SSSR count). The number of rotatable bonds is 15. The number of nitrogens with one attached hydrogen (secondary N) is 1. The molecule has 4 aromatic rings. The molecule has 7 aliphatic rings. The number of nitrogens with zero attached hydrogens (tertiary/aromatic N) is 2. The predicted molar refractivity (Wildman–Crippen MR) is 360 cm³/mol. The molecule has 1 unspecified atom stereocenters. The molecule has 6 heterocycles. The Balaban J connectivity index is 0.000000165. The SMILES string of the molecule is CC[C@@H]1CC(=O)C[C@H](CC)N1S(=O)(=O)c1ccc(Cl)cc1.CC[C@@H]1CC2(C[C@H](CC)C1Cc1ccccc1)OCCO2.CC[C@@H]1CC2(C[C@H](CC)N1)OCCO2.CC[C@@H]1CC2(C[C@H](CC)N1S(=O)(=O)c1ccc(Cl)cc1)OCCO2.O=S(=O)(Cl)c1ccc(Cl)cc1. The van der Waals surface area contributed by atoms with Crippen molar-refractivity contribution in [3.8, 4) is 0 Å². The molecule has 0 bridgehead atoms. The third kappa shape index (κ3) is 19.9. The summed E-state index contributed by atoms with van der Waals surface area (Å²) in [7, 11) is -5.75. The summed E-state index contributed by atoms with van der Waals surface area (Å²) in [4.78, 5) is 12.4. The van der Waals surface area contributed by atoms with Crippen LogP contribution in [0.4, 0.5) is 0 Å². The fourth-order valence-electron chi connectivity index (χ4n) is 14.2. The molecular formula is C68H97Cl4N3O13S3. The molecule has 0 aromatic heterocycles. The molecule has 0 radical (unpaired) electrons. The average molecular weight is 1400 g/mol. The quantitative estimate of drug-likeness (QED) is 0.110. The Hall–Kier alpha value is -2.80. The van der Waals surface area contributed by atoms with Crippen molar-refractivity contribution in [2.45, 2.75) is 233 Å². The van der Waals surface area contributed by atoms with Crippen LogP contribution in [0.15, 0.2) is 118 Å². The number of benzene rings is 4. The van der Waals surface area contributed by atoms with Gasteiger partial charge in [-0.25, -0.2) is 25.3 Å². The summed E-state index contributed by atoms with van der Waals surface area (Å²) in [5, 5.41) is 5.15. The van der Waals surface area contributed by atoms with Crippen molar-refractivity contribution in [3.05, 3.63) is 124 Å². The minimum Gasteiger partial charge on any atom is -0.348 e. The van der Waals surface area contributed by atoms with E-state index < -0.39 is 34.9 Å². The molecule has 4 aromatic carbocycles. The summed E-state index contributed by atoms with van der Waals surface area (Å²) in [6.07, 6.45) is 14.6. The zero-order valence-corrected chi connectivity index (χ0v) is 59.7. The highest BCUT2D eigenvalue weighted by Crippen LogP contribution is 2.49. The first-order valence-corrected chi connectivity index (χ1v) is 39.1. The smallest absolute Gasteiger partial charge is 0.261 e. The van der Waals surface area contributed by atoms with Crippen LogP contribution in [0.25, 0.3) is 0 Å². The molecule has 508 valence electrons. The molecule has 9 atom stereocenters. The third-order valence-corrected chi connectivity index (χ3v) is 25.1. The van der Waals surface area contributed by atoms with E-state index in [9.17, 15) is 30.0 Å². The second-order valence-corrected chi connectivity index (χ2v) is 32.3. The van der Waals surface area contributed by atoms with E-state index in [0.717, 1.165) is 83.7 Å². The molecule has 3 spiro atoms. The van der Waals surface area contributed by atoms with Gasteiger partial charge >= 0.3 is 0 Å². The van der Waals surface area contributed by atoms with Gasteiger partial charge in [0, 0.05) is 113 Å². The van der Waals surface area contributed by atoms with Gasteiger partial charge in [0.25, 0.3) is 9.05 Å². The number of Topliss-reactive ketones (excluding diaryl/α,β-unsaturated/α-hetero) is 1. The Labute approximate surface area is 562 Å². The second-order valence-electron chi connectivity index (χ2n) is 24.8. The van der Waals surface area contributed by atoms with Gasteiger partial charge in [0.2, 0.25) is 20.0 Å². The number of hydrogen-bond acceptors (Lipinski definition) is 14. The number of carbonyl (C=O) groups is 1. The topological polar surface area (TPSA) is 193 Å². The minimum absolute atomic E-state index is 0.0589. The third-order valence-electron chi connectivity index (χ3n) is 19.0. The number of ether oxygens (including phenoxy) is 6. The van der Waals surface area contributed by atoms with Gasteiger partial charge in [0.15, 0.2) is 17.4 Å². The average Bonchev–Trinajstić information content (AvgIpc) is 1.80. The summed E-state index contributed by atoms with van der Waals surface area (Å²) in [5.74, 6) is 1.22. The summed E-state index contributed by atoms with van der Waals surface area (Å²) >= 11 is 17.2.